The summed E-state index contributed by atoms with van der Waals surface area (Å²) >= 11 is 0. The number of hydrogen-bond donors (Lipinski definition) is 2. The molecule has 11 heteroatoms. The normalized spacial score (nSPS) is 21.8. The highest BCUT2D eigenvalue weighted by Crippen LogP contribution is 2.43. The van der Waals surface area contributed by atoms with E-state index in [1.807, 2.05) is 0 Å². The zero-order valence-electron chi connectivity index (χ0n) is 16.6. The second kappa shape index (κ2) is 7.62. The summed E-state index contributed by atoms with van der Waals surface area (Å²) in [6.45, 7) is -1.09. The van der Waals surface area contributed by atoms with E-state index >= 15 is 4.39 Å². The third kappa shape index (κ3) is 3.25. The van der Waals surface area contributed by atoms with Gasteiger partial charge in [0, 0.05) is 30.6 Å². The van der Waals surface area contributed by atoms with Crippen molar-refractivity contribution in [3.05, 3.63) is 32.2 Å². The van der Waals surface area contributed by atoms with E-state index in [9.17, 15) is 18.4 Å². The summed E-state index contributed by atoms with van der Waals surface area (Å²) in [6, 6.07) is -0.0937. The highest BCUT2D eigenvalue weighted by Gasteiger charge is 2.38. The molecule has 1 aliphatic carbocycles. The summed E-state index contributed by atoms with van der Waals surface area (Å²) in [4.78, 5) is 28.9. The number of ether oxygens (including phenoxy) is 2. The molecule has 164 valence electrons. The molecule has 1 aromatic heterocycles. The highest BCUT2D eigenvalue weighted by atomic mass is 19.3. The van der Waals surface area contributed by atoms with Gasteiger partial charge in [-0.3, -0.25) is 14.3 Å². The molecule has 0 radical (unpaired) electrons. The number of nitrogens with zero attached hydrogens (tertiary/aromatic N) is 2. The maximum atomic E-state index is 15.5. The van der Waals surface area contributed by atoms with Crippen molar-refractivity contribution in [2.24, 2.45) is 11.7 Å². The van der Waals surface area contributed by atoms with Crippen LogP contribution in [-0.2, 0) is 4.74 Å². The van der Waals surface area contributed by atoms with Crippen LogP contribution in [0.15, 0.2) is 9.59 Å². The highest BCUT2D eigenvalue weighted by molar-refractivity contribution is 5.93. The van der Waals surface area contributed by atoms with Gasteiger partial charge in [0.1, 0.15) is 5.39 Å². The van der Waals surface area contributed by atoms with E-state index < -0.39 is 35.7 Å². The predicted molar refractivity (Wildman–Crippen MR) is 104 cm³/mol. The minimum Gasteiger partial charge on any atom is -0.493 e. The first-order valence-electron chi connectivity index (χ1n) is 9.71. The summed E-state index contributed by atoms with van der Waals surface area (Å²) < 4.78 is 52.5. The van der Waals surface area contributed by atoms with Gasteiger partial charge in [0.2, 0.25) is 0 Å². The lowest BCUT2D eigenvalue weighted by Crippen LogP contribution is -2.32. The Hall–Kier alpha value is -2.53. The molecule has 2 heterocycles. The first-order chi connectivity index (χ1) is 14.3. The SMILES string of the molecule is COc1c(F)c(N2CC(CN)C(OC(F)F)C2)c(C)c2c1c(=O)[nH]c(=O)n2C1CC1. The molecule has 0 bridgehead atoms. The van der Waals surface area contributed by atoms with Gasteiger partial charge in [-0.05, 0) is 26.3 Å². The molecule has 30 heavy (non-hydrogen) atoms. The van der Waals surface area contributed by atoms with Crippen LogP contribution in [0.2, 0.25) is 0 Å². The van der Waals surface area contributed by atoms with Gasteiger partial charge in [0.05, 0.1) is 24.4 Å². The van der Waals surface area contributed by atoms with Crippen molar-refractivity contribution in [3.8, 4) is 5.75 Å². The third-order valence-corrected chi connectivity index (χ3v) is 5.88. The van der Waals surface area contributed by atoms with E-state index in [1.165, 1.54) is 11.7 Å². The van der Waals surface area contributed by atoms with Crippen LogP contribution in [0.3, 0.4) is 0 Å². The van der Waals surface area contributed by atoms with Gasteiger partial charge < -0.3 is 20.1 Å². The molecule has 0 amide bonds. The first kappa shape index (κ1) is 20.7. The number of H-pyrrole nitrogens is 1. The number of nitrogens with two attached hydrogens (primary N) is 1. The largest absolute Gasteiger partial charge is 0.493 e. The number of aryl methyl sites for hydroxylation is 1. The number of fused-ring (bicyclic) bond motifs is 1. The van der Waals surface area contributed by atoms with Gasteiger partial charge in [0.25, 0.3) is 5.56 Å². The zero-order chi connectivity index (χ0) is 21.7. The molecule has 2 unspecified atom stereocenters. The molecule has 1 saturated heterocycles. The Bertz CT molecular complexity index is 1100. The third-order valence-electron chi connectivity index (χ3n) is 5.88. The van der Waals surface area contributed by atoms with E-state index in [-0.39, 0.29) is 42.5 Å². The van der Waals surface area contributed by atoms with Crippen LogP contribution < -0.4 is 26.6 Å². The van der Waals surface area contributed by atoms with Gasteiger partial charge in [-0.15, -0.1) is 0 Å². The monoisotopic (exact) mass is 428 g/mol. The number of benzene rings is 1. The quantitative estimate of drug-likeness (QED) is 0.723. The number of nitrogens with one attached hydrogen (secondary N) is 1. The van der Waals surface area contributed by atoms with Crippen LogP contribution in [0.4, 0.5) is 18.9 Å². The summed E-state index contributed by atoms with van der Waals surface area (Å²) in [5, 5.41) is -0.0438. The minimum absolute atomic E-state index is 0.00449. The molecular formula is C19H23F3N4O4. The van der Waals surface area contributed by atoms with Crippen LogP contribution in [0.5, 0.6) is 5.75 Å². The van der Waals surface area contributed by atoms with Gasteiger partial charge >= 0.3 is 12.3 Å². The molecule has 8 nitrogen and oxygen atoms in total. The topological polar surface area (TPSA) is 103 Å². The number of halogens is 3. The molecule has 2 aliphatic rings. The first-order valence-corrected chi connectivity index (χ1v) is 9.71. The van der Waals surface area contributed by atoms with E-state index in [0.29, 0.717) is 11.1 Å². The Morgan fingerprint density at radius 3 is 2.53 bits per heavy atom. The summed E-state index contributed by atoms with van der Waals surface area (Å²) in [6.07, 6.45) is 0.651. The van der Waals surface area contributed by atoms with Gasteiger partial charge in [0.15, 0.2) is 11.6 Å². The van der Waals surface area contributed by atoms with Crippen molar-refractivity contribution in [1.82, 2.24) is 9.55 Å². The fraction of sp³-hybridized carbons (Fsp3) is 0.579. The lowest BCUT2D eigenvalue weighted by atomic mass is 10.1. The van der Waals surface area contributed by atoms with E-state index in [0.717, 1.165) is 12.8 Å². The lowest BCUT2D eigenvalue weighted by molar-refractivity contribution is -0.165. The molecule has 2 fully saturated rings. The van der Waals surface area contributed by atoms with Crippen LogP contribution in [0.1, 0.15) is 24.4 Å². The maximum absolute atomic E-state index is 15.5. The number of rotatable bonds is 6. The molecule has 4 rings (SSSR count). The Balaban J connectivity index is 1.94. The molecule has 1 aromatic carbocycles. The fourth-order valence-electron chi connectivity index (χ4n) is 4.41. The van der Waals surface area contributed by atoms with Crippen LogP contribution in [-0.4, -0.2) is 49.0 Å². The molecule has 0 spiro atoms. The van der Waals surface area contributed by atoms with Crippen LogP contribution in [0, 0.1) is 18.7 Å². The number of alkyl halides is 2. The molecule has 2 aromatic rings. The molecular weight excluding hydrogens is 405 g/mol. The van der Waals surface area contributed by atoms with Crippen molar-refractivity contribution in [3.63, 3.8) is 0 Å². The number of hydrogen-bond acceptors (Lipinski definition) is 6. The summed E-state index contributed by atoms with van der Waals surface area (Å²) in [5.74, 6) is -1.50. The minimum atomic E-state index is -2.97. The zero-order valence-corrected chi connectivity index (χ0v) is 16.6. The number of aromatic amines is 1. The van der Waals surface area contributed by atoms with Crippen LogP contribution >= 0.6 is 0 Å². The second-order valence-electron chi connectivity index (χ2n) is 7.74. The molecule has 1 saturated carbocycles. The van der Waals surface area contributed by atoms with Gasteiger partial charge in [-0.25, -0.2) is 9.18 Å². The number of anilines is 1. The van der Waals surface area contributed by atoms with Crippen LogP contribution in [0.25, 0.3) is 10.9 Å². The number of aromatic nitrogens is 2. The van der Waals surface area contributed by atoms with Crippen molar-refractivity contribution in [2.45, 2.75) is 38.5 Å². The van der Waals surface area contributed by atoms with Crippen molar-refractivity contribution >= 4 is 16.6 Å². The van der Waals surface area contributed by atoms with Crippen molar-refractivity contribution in [2.75, 3.05) is 31.6 Å². The summed E-state index contributed by atoms with van der Waals surface area (Å²) in [5.41, 5.74) is 5.16. The smallest absolute Gasteiger partial charge is 0.345 e. The molecule has 2 atom stereocenters. The average Bonchev–Trinajstić information content (AvgIpc) is 3.43. The Labute approximate surface area is 169 Å². The number of methoxy groups -OCH3 is 1. The van der Waals surface area contributed by atoms with Crippen molar-refractivity contribution in [1.29, 1.82) is 0 Å². The standard InChI is InChI=1S/C19H23F3N4O4/c1-8-14-12(17(27)24-19(28)26(14)10-3-4-10)16(29-2)13(20)15(8)25-6-9(5-23)11(7-25)30-18(21)22/h9-11,18H,3-7,23H2,1-2H3,(H,24,27,28). The van der Waals surface area contributed by atoms with Gasteiger partial charge in [-0.1, -0.05) is 0 Å². The average molecular weight is 428 g/mol. The maximum Gasteiger partial charge on any atom is 0.345 e. The predicted octanol–water partition coefficient (Wildman–Crippen LogP) is 1.48. The van der Waals surface area contributed by atoms with E-state index in [4.69, 9.17) is 10.5 Å². The molecule has 1 aliphatic heterocycles. The van der Waals surface area contributed by atoms with Crippen molar-refractivity contribution < 1.29 is 22.6 Å². The Morgan fingerprint density at radius 1 is 1.27 bits per heavy atom. The van der Waals surface area contributed by atoms with Gasteiger partial charge in [-0.2, -0.15) is 8.78 Å². The Morgan fingerprint density at radius 2 is 1.97 bits per heavy atom. The summed E-state index contributed by atoms with van der Waals surface area (Å²) in [7, 11) is 1.23. The lowest BCUT2D eigenvalue weighted by Gasteiger charge is -2.25. The fourth-order valence-corrected chi connectivity index (χ4v) is 4.41. The molecule has 3 N–H and O–H groups in total. The second-order valence-corrected chi connectivity index (χ2v) is 7.74. The Kier molecular flexibility index (Phi) is 5.27. The van der Waals surface area contributed by atoms with E-state index in [2.05, 4.69) is 9.72 Å². The van der Waals surface area contributed by atoms with E-state index in [1.54, 1.807) is 11.8 Å².